The van der Waals surface area contributed by atoms with Gasteiger partial charge in [-0.05, 0) is 36.2 Å². The Balaban J connectivity index is 2.15. The number of anilines is 3. The van der Waals surface area contributed by atoms with Crippen LogP contribution in [0, 0.1) is 6.92 Å². The summed E-state index contributed by atoms with van der Waals surface area (Å²) in [5, 5.41) is 6.97. The minimum Gasteiger partial charge on any atom is -0.357 e. The zero-order chi connectivity index (χ0) is 16.4. The molecule has 1 aromatic carbocycles. The molecule has 23 heavy (non-hydrogen) atoms. The van der Waals surface area contributed by atoms with Crippen molar-refractivity contribution in [1.29, 1.82) is 0 Å². The Kier molecular flexibility index (Phi) is 4.12. The van der Waals surface area contributed by atoms with Gasteiger partial charge in [0.25, 0.3) is 0 Å². The van der Waals surface area contributed by atoms with Crippen molar-refractivity contribution < 1.29 is 0 Å². The van der Waals surface area contributed by atoms with E-state index >= 15 is 0 Å². The Bertz CT molecular complexity index is 892. The molecule has 3 rings (SSSR count). The molecule has 2 heterocycles. The molecule has 0 unspecified atom stereocenters. The van der Waals surface area contributed by atoms with Crippen LogP contribution in [0.3, 0.4) is 0 Å². The van der Waals surface area contributed by atoms with Crippen molar-refractivity contribution in [3.05, 3.63) is 53.2 Å². The molecule has 3 aromatic rings. The molecule has 0 radical (unpaired) electrons. The van der Waals surface area contributed by atoms with Gasteiger partial charge < -0.3 is 10.6 Å². The average Bonchev–Trinajstić information content (AvgIpc) is 2.58. The molecule has 0 aliphatic carbocycles. The first-order chi connectivity index (χ1) is 11.1. The van der Waals surface area contributed by atoms with E-state index in [1.807, 2.05) is 31.2 Å². The van der Waals surface area contributed by atoms with Gasteiger partial charge in [0.05, 0.1) is 5.52 Å². The van der Waals surface area contributed by atoms with Gasteiger partial charge in [-0.15, -0.1) is 0 Å². The summed E-state index contributed by atoms with van der Waals surface area (Å²) in [7, 11) is 1.78. The first kappa shape index (κ1) is 15.2. The third kappa shape index (κ3) is 2.96. The predicted molar refractivity (Wildman–Crippen MR) is 96.4 cm³/mol. The standard InChI is InChI=1S/C17H16ClN5/c1-4-11-8-14-15(20-9-11)16(23-17(19-3)22-14)21-13-7-5-6-12(18)10(13)2/h4-9H,1H2,2-3H3,(H2,19,21,22,23). The maximum Gasteiger partial charge on any atom is 0.225 e. The molecule has 5 nitrogen and oxygen atoms in total. The number of rotatable bonds is 4. The van der Waals surface area contributed by atoms with E-state index in [1.54, 1.807) is 19.3 Å². The number of aromatic nitrogens is 3. The lowest BCUT2D eigenvalue weighted by Crippen LogP contribution is -2.04. The third-order valence-electron chi connectivity index (χ3n) is 3.54. The fourth-order valence-electron chi connectivity index (χ4n) is 2.22. The molecule has 0 saturated heterocycles. The lowest BCUT2D eigenvalue weighted by atomic mass is 10.2. The summed E-state index contributed by atoms with van der Waals surface area (Å²) in [5.74, 6) is 1.14. The fourth-order valence-corrected chi connectivity index (χ4v) is 2.39. The van der Waals surface area contributed by atoms with Crippen molar-refractivity contribution in [3.63, 3.8) is 0 Å². The molecule has 116 valence electrons. The van der Waals surface area contributed by atoms with Crippen molar-refractivity contribution in [2.75, 3.05) is 17.7 Å². The van der Waals surface area contributed by atoms with Crippen molar-refractivity contribution in [3.8, 4) is 0 Å². The summed E-state index contributed by atoms with van der Waals surface area (Å²) >= 11 is 6.18. The summed E-state index contributed by atoms with van der Waals surface area (Å²) in [4.78, 5) is 13.4. The van der Waals surface area contributed by atoms with Crippen molar-refractivity contribution in [2.45, 2.75) is 6.92 Å². The summed E-state index contributed by atoms with van der Waals surface area (Å²) in [6, 6.07) is 7.62. The second kappa shape index (κ2) is 6.22. The SMILES string of the molecule is C=Cc1cnc2c(Nc3cccc(Cl)c3C)nc(NC)nc2c1. The maximum atomic E-state index is 6.18. The number of fused-ring (bicyclic) bond motifs is 1. The lowest BCUT2D eigenvalue weighted by molar-refractivity contribution is 1.17. The van der Waals surface area contributed by atoms with Gasteiger partial charge in [0, 0.05) is 24.0 Å². The van der Waals surface area contributed by atoms with Crippen molar-refractivity contribution in [1.82, 2.24) is 15.0 Å². The number of halogens is 1. The molecule has 2 N–H and O–H groups in total. The largest absolute Gasteiger partial charge is 0.357 e. The number of nitrogens with one attached hydrogen (secondary N) is 2. The van der Waals surface area contributed by atoms with Crippen LogP contribution >= 0.6 is 11.6 Å². The highest BCUT2D eigenvalue weighted by molar-refractivity contribution is 6.31. The van der Waals surface area contributed by atoms with Gasteiger partial charge in [0.1, 0.15) is 5.52 Å². The molecule has 0 saturated carbocycles. The van der Waals surface area contributed by atoms with Crippen LogP contribution in [0.4, 0.5) is 17.5 Å². The smallest absolute Gasteiger partial charge is 0.225 e. The third-order valence-corrected chi connectivity index (χ3v) is 3.95. The van der Waals surface area contributed by atoms with Crippen molar-refractivity contribution in [2.24, 2.45) is 0 Å². The average molecular weight is 326 g/mol. The summed E-state index contributed by atoms with van der Waals surface area (Å²) < 4.78 is 0. The minimum absolute atomic E-state index is 0.516. The van der Waals surface area contributed by atoms with E-state index in [4.69, 9.17) is 11.6 Å². The summed E-state index contributed by atoms with van der Waals surface area (Å²) in [6.07, 6.45) is 3.48. The highest BCUT2D eigenvalue weighted by atomic mass is 35.5. The molecule has 0 aliphatic rings. The molecule has 0 fully saturated rings. The topological polar surface area (TPSA) is 62.7 Å². The zero-order valence-electron chi connectivity index (χ0n) is 12.9. The Hall–Kier alpha value is -2.66. The monoisotopic (exact) mass is 325 g/mol. The highest BCUT2D eigenvalue weighted by Gasteiger charge is 2.11. The molecular formula is C17H16ClN5. The van der Waals surface area contributed by atoms with Crippen LogP contribution in [0.5, 0.6) is 0 Å². The van der Waals surface area contributed by atoms with Gasteiger partial charge in [-0.3, -0.25) is 4.98 Å². The van der Waals surface area contributed by atoms with Gasteiger partial charge >= 0.3 is 0 Å². The van der Waals surface area contributed by atoms with Crippen LogP contribution in [-0.4, -0.2) is 22.0 Å². The second-order valence-corrected chi connectivity index (χ2v) is 5.43. The second-order valence-electron chi connectivity index (χ2n) is 5.02. The molecule has 2 aromatic heterocycles. The first-order valence-electron chi connectivity index (χ1n) is 7.12. The van der Waals surface area contributed by atoms with E-state index in [2.05, 4.69) is 32.2 Å². The Morgan fingerprint density at radius 3 is 2.83 bits per heavy atom. The molecule has 6 heteroatoms. The van der Waals surface area contributed by atoms with E-state index in [9.17, 15) is 0 Å². The lowest BCUT2D eigenvalue weighted by Gasteiger charge is -2.13. The van der Waals surface area contributed by atoms with Gasteiger partial charge in [0.2, 0.25) is 5.95 Å². The molecule has 0 bridgehead atoms. The number of benzene rings is 1. The number of nitrogens with zero attached hydrogens (tertiary/aromatic N) is 3. The van der Waals surface area contributed by atoms with Crippen LogP contribution in [0.25, 0.3) is 17.1 Å². The van der Waals surface area contributed by atoms with Gasteiger partial charge in [-0.2, -0.15) is 4.98 Å². The van der Waals surface area contributed by atoms with E-state index < -0.39 is 0 Å². The zero-order valence-corrected chi connectivity index (χ0v) is 13.6. The van der Waals surface area contributed by atoms with Crippen LogP contribution in [0.2, 0.25) is 5.02 Å². The number of hydrogen-bond acceptors (Lipinski definition) is 5. The van der Waals surface area contributed by atoms with Gasteiger partial charge in [-0.25, -0.2) is 4.98 Å². The van der Waals surface area contributed by atoms with Gasteiger partial charge in [-0.1, -0.05) is 30.3 Å². The molecule has 0 amide bonds. The first-order valence-corrected chi connectivity index (χ1v) is 7.50. The van der Waals surface area contributed by atoms with Crippen LogP contribution < -0.4 is 10.6 Å². The number of hydrogen-bond donors (Lipinski definition) is 2. The summed E-state index contributed by atoms with van der Waals surface area (Å²) in [5.41, 5.74) is 4.17. The quantitative estimate of drug-likeness (QED) is 0.743. The Labute approximate surface area is 139 Å². The van der Waals surface area contributed by atoms with Crippen LogP contribution in [0.1, 0.15) is 11.1 Å². The van der Waals surface area contributed by atoms with E-state index in [0.717, 1.165) is 22.3 Å². The summed E-state index contributed by atoms with van der Waals surface area (Å²) in [6.45, 7) is 5.72. The Morgan fingerprint density at radius 1 is 1.26 bits per heavy atom. The molecule has 0 aliphatic heterocycles. The normalized spacial score (nSPS) is 10.6. The van der Waals surface area contributed by atoms with Crippen LogP contribution in [0.15, 0.2) is 37.0 Å². The minimum atomic E-state index is 0.516. The molecule has 0 spiro atoms. The van der Waals surface area contributed by atoms with E-state index in [0.29, 0.717) is 22.3 Å². The van der Waals surface area contributed by atoms with Gasteiger partial charge in [0.15, 0.2) is 5.82 Å². The number of pyridine rings is 1. The fraction of sp³-hybridized carbons (Fsp3) is 0.118. The van der Waals surface area contributed by atoms with Crippen molar-refractivity contribution >= 4 is 46.2 Å². The molecular weight excluding hydrogens is 310 g/mol. The Morgan fingerprint density at radius 2 is 2.09 bits per heavy atom. The highest BCUT2D eigenvalue weighted by Crippen LogP contribution is 2.29. The maximum absolute atomic E-state index is 6.18. The van der Waals surface area contributed by atoms with Crippen LogP contribution in [-0.2, 0) is 0 Å². The molecule has 0 atom stereocenters. The van der Waals surface area contributed by atoms with E-state index in [1.165, 1.54) is 0 Å². The predicted octanol–water partition coefficient (Wildman–Crippen LogP) is 4.41. The van der Waals surface area contributed by atoms with E-state index in [-0.39, 0.29) is 0 Å².